The summed E-state index contributed by atoms with van der Waals surface area (Å²) in [6, 6.07) is 17.0. The fourth-order valence-corrected chi connectivity index (χ4v) is 3.39. The van der Waals surface area contributed by atoms with E-state index in [2.05, 4.69) is 31.8 Å². The van der Waals surface area contributed by atoms with Gasteiger partial charge in [-0.15, -0.1) is 0 Å². The zero-order chi connectivity index (χ0) is 18.8. The summed E-state index contributed by atoms with van der Waals surface area (Å²) < 4.78 is 2.53. The van der Waals surface area contributed by atoms with Crippen LogP contribution in [0.25, 0.3) is 16.9 Å². The van der Waals surface area contributed by atoms with Gasteiger partial charge in [0.05, 0.1) is 22.1 Å². The largest absolute Gasteiger partial charge is 0.366 e. The van der Waals surface area contributed by atoms with Crippen molar-refractivity contribution in [3.05, 3.63) is 75.9 Å². The van der Waals surface area contributed by atoms with E-state index >= 15 is 0 Å². The second-order valence-electron chi connectivity index (χ2n) is 5.90. The van der Waals surface area contributed by atoms with Gasteiger partial charge in [0.15, 0.2) is 5.65 Å². The molecule has 8 heteroatoms. The Morgan fingerprint density at radius 2 is 1.96 bits per heavy atom. The van der Waals surface area contributed by atoms with Crippen molar-refractivity contribution in [3.63, 3.8) is 0 Å². The van der Waals surface area contributed by atoms with Crippen LogP contribution in [0.15, 0.2) is 65.3 Å². The molecular weight excluding hydrogens is 430 g/mol. The lowest BCUT2D eigenvalue weighted by Crippen LogP contribution is -2.07. The standard InChI is InChI=1S/C19H15BrClN5O/c20-15-11-23-26-18(22-10-12-4-3-5-13(8-12)25-27)9-17(24-19(15)26)14-6-1-2-7-16(14)21/h1-9,11,22,25,27H,10H2. The minimum Gasteiger partial charge on any atom is -0.366 e. The Kier molecular flexibility index (Phi) is 4.98. The summed E-state index contributed by atoms with van der Waals surface area (Å²) in [6.07, 6.45) is 1.71. The number of aromatic nitrogens is 3. The van der Waals surface area contributed by atoms with E-state index in [-0.39, 0.29) is 0 Å². The Morgan fingerprint density at radius 3 is 2.78 bits per heavy atom. The maximum absolute atomic E-state index is 9.07. The molecule has 6 nitrogen and oxygen atoms in total. The molecule has 3 N–H and O–H groups in total. The number of nitrogens with zero attached hydrogens (tertiary/aromatic N) is 3. The van der Waals surface area contributed by atoms with Crippen molar-refractivity contribution in [2.45, 2.75) is 6.54 Å². The molecule has 0 saturated carbocycles. The summed E-state index contributed by atoms with van der Waals surface area (Å²) >= 11 is 9.86. The van der Waals surface area contributed by atoms with Gasteiger partial charge in [-0.1, -0.05) is 41.9 Å². The molecule has 0 amide bonds. The molecule has 2 heterocycles. The average molecular weight is 445 g/mol. The van der Waals surface area contributed by atoms with E-state index in [1.54, 1.807) is 16.8 Å². The Bertz CT molecular complexity index is 1110. The molecule has 0 radical (unpaired) electrons. The molecule has 0 unspecified atom stereocenters. The summed E-state index contributed by atoms with van der Waals surface area (Å²) in [4.78, 5) is 4.69. The van der Waals surface area contributed by atoms with Gasteiger partial charge in [0.1, 0.15) is 5.82 Å². The first-order valence-corrected chi connectivity index (χ1v) is 9.35. The van der Waals surface area contributed by atoms with Gasteiger partial charge in [-0.2, -0.15) is 9.61 Å². The van der Waals surface area contributed by atoms with Crippen LogP contribution in [0, 0.1) is 0 Å². The predicted octanol–water partition coefficient (Wildman–Crippen LogP) is 5.23. The van der Waals surface area contributed by atoms with E-state index in [0.29, 0.717) is 22.9 Å². The zero-order valence-electron chi connectivity index (χ0n) is 14.0. The molecule has 4 aromatic rings. The monoisotopic (exact) mass is 443 g/mol. The number of anilines is 2. The molecule has 0 aliphatic rings. The number of benzene rings is 2. The molecule has 0 bridgehead atoms. The third-order valence-corrected chi connectivity index (χ3v) is 5.00. The SMILES string of the molecule is ONc1cccc(CNc2cc(-c3ccccc3Cl)nc3c(Br)cnn23)c1. The van der Waals surface area contributed by atoms with E-state index in [1.807, 2.05) is 48.5 Å². The summed E-state index contributed by atoms with van der Waals surface area (Å²) in [5.41, 5.74) is 6.09. The Balaban J connectivity index is 1.74. The van der Waals surface area contributed by atoms with Gasteiger partial charge in [0.25, 0.3) is 0 Å². The number of hydrogen-bond donors (Lipinski definition) is 3. The molecular formula is C19H15BrClN5O. The maximum atomic E-state index is 9.07. The molecule has 2 aromatic carbocycles. The summed E-state index contributed by atoms with van der Waals surface area (Å²) in [6.45, 7) is 0.550. The highest BCUT2D eigenvalue weighted by Crippen LogP contribution is 2.30. The molecule has 0 aliphatic heterocycles. The van der Waals surface area contributed by atoms with Crippen LogP contribution in [0.5, 0.6) is 0 Å². The third kappa shape index (κ3) is 3.62. The predicted molar refractivity (Wildman–Crippen MR) is 110 cm³/mol. The maximum Gasteiger partial charge on any atom is 0.172 e. The van der Waals surface area contributed by atoms with Crippen LogP contribution in [0.4, 0.5) is 11.5 Å². The van der Waals surface area contributed by atoms with Gasteiger partial charge in [0, 0.05) is 23.2 Å². The van der Waals surface area contributed by atoms with Crippen molar-refractivity contribution in [1.82, 2.24) is 14.6 Å². The Labute approximate surface area is 168 Å². The minimum atomic E-state index is 0.550. The molecule has 0 aliphatic carbocycles. The highest BCUT2D eigenvalue weighted by Gasteiger charge is 2.13. The minimum absolute atomic E-state index is 0.550. The number of rotatable bonds is 5. The number of halogens is 2. The summed E-state index contributed by atoms with van der Waals surface area (Å²) in [5.74, 6) is 0.781. The molecule has 0 saturated heterocycles. The fraction of sp³-hybridized carbons (Fsp3) is 0.0526. The van der Waals surface area contributed by atoms with Crippen LogP contribution < -0.4 is 10.8 Å². The van der Waals surface area contributed by atoms with Gasteiger partial charge in [0.2, 0.25) is 0 Å². The second kappa shape index (κ2) is 7.56. The highest BCUT2D eigenvalue weighted by atomic mass is 79.9. The van der Waals surface area contributed by atoms with E-state index < -0.39 is 0 Å². The van der Waals surface area contributed by atoms with Crippen molar-refractivity contribution in [2.75, 3.05) is 10.8 Å². The molecule has 136 valence electrons. The quantitative estimate of drug-likeness (QED) is 0.368. The van der Waals surface area contributed by atoms with E-state index in [4.69, 9.17) is 21.8 Å². The van der Waals surface area contributed by atoms with Crippen LogP contribution in [-0.2, 0) is 6.54 Å². The molecule has 0 fully saturated rings. The lowest BCUT2D eigenvalue weighted by atomic mass is 10.1. The normalized spacial score (nSPS) is 10.9. The molecule has 2 aromatic heterocycles. The van der Waals surface area contributed by atoms with E-state index in [0.717, 1.165) is 27.1 Å². The topological polar surface area (TPSA) is 74.5 Å². The molecule has 27 heavy (non-hydrogen) atoms. The van der Waals surface area contributed by atoms with Crippen molar-refractivity contribution in [2.24, 2.45) is 0 Å². The molecule has 0 spiro atoms. The van der Waals surface area contributed by atoms with Crippen molar-refractivity contribution >= 4 is 44.7 Å². The number of fused-ring (bicyclic) bond motifs is 1. The molecule has 4 rings (SSSR count). The zero-order valence-corrected chi connectivity index (χ0v) is 16.4. The van der Waals surface area contributed by atoms with E-state index in [1.165, 1.54) is 0 Å². The summed E-state index contributed by atoms with van der Waals surface area (Å²) in [7, 11) is 0. The summed E-state index contributed by atoms with van der Waals surface area (Å²) in [5, 5.41) is 17.5. The van der Waals surface area contributed by atoms with Crippen molar-refractivity contribution in [1.29, 1.82) is 0 Å². The van der Waals surface area contributed by atoms with E-state index in [9.17, 15) is 0 Å². The highest BCUT2D eigenvalue weighted by molar-refractivity contribution is 9.10. The number of hydrogen-bond acceptors (Lipinski definition) is 5. The van der Waals surface area contributed by atoms with Gasteiger partial charge in [-0.3, -0.25) is 10.7 Å². The first-order chi connectivity index (χ1) is 13.2. The van der Waals surface area contributed by atoms with Gasteiger partial charge >= 0.3 is 0 Å². The van der Waals surface area contributed by atoms with Crippen LogP contribution in [0.2, 0.25) is 5.02 Å². The van der Waals surface area contributed by atoms with Crippen molar-refractivity contribution < 1.29 is 5.21 Å². The first-order valence-electron chi connectivity index (χ1n) is 8.18. The second-order valence-corrected chi connectivity index (χ2v) is 7.16. The van der Waals surface area contributed by atoms with Crippen LogP contribution in [0.1, 0.15) is 5.56 Å². The Hall–Kier alpha value is -2.61. The average Bonchev–Trinajstić information content (AvgIpc) is 3.07. The van der Waals surface area contributed by atoms with Gasteiger partial charge < -0.3 is 5.32 Å². The van der Waals surface area contributed by atoms with Crippen molar-refractivity contribution in [3.8, 4) is 11.3 Å². The Morgan fingerprint density at radius 1 is 1.11 bits per heavy atom. The van der Waals surface area contributed by atoms with Crippen LogP contribution >= 0.6 is 27.5 Å². The number of nitrogens with one attached hydrogen (secondary N) is 2. The molecule has 0 atom stereocenters. The van der Waals surface area contributed by atoms with Gasteiger partial charge in [-0.05, 0) is 39.7 Å². The lowest BCUT2D eigenvalue weighted by molar-refractivity contribution is 0.389. The van der Waals surface area contributed by atoms with Crippen LogP contribution in [-0.4, -0.2) is 19.8 Å². The van der Waals surface area contributed by atoms with Gasteiger partial charge in [-0.25, -0.2) is 4.98 Å². The first kappa shape index (κ1) is 17.8. The lowest BCUT2D eigenvalue weighted by Gasteiger charge is -2.12. The smallest absolute Gasteiger partial charge is 0.172 e. The fourth-order valence-electron chi connectivity index (χ4n) is 2.81. The third-order valence-electron chi connectivity index (χ3n) is 4.11. The van der Waals surface area contributed by atoms with Crippen LogP contribution in [0.3, 0.4) is 0 Å².